The third kappa shape index (κ3) is 2.79. The van der Waals surface area contributed by atoms with Crippen molar-refractivity contribution in [1.82, 2.24) is 4.98 Å². The summed E-state index contributed by atoms with van der Waals surface area (Å²) in [4.78, 5) is 4.21. The van der Waals surface area contributed by atoms with Crippen molar-refractivity contribution in [2.45, 2.75) is 5.92 Å². The van der Waals surface area contributed by atoms with Crippen LogP contribution in [0.2, 0.25) is 0 Å². The molecule has 0 aliphatic rings. The highest BCUT2D eigenvalue weighted by molar-refractivity contribution is 5.48. The number of para-hydroxylation sites is 1. The summed E-state index contributed by atoms with van der Waals surface area (Å²) < 4.78 is 5.22. The van der Waals surface area contributed by atoms with Crippen molar-refractivity contribution >= 4 is 0 Å². The third-order valence-electron chi connectivity index (χ3n) is 3.71. The van der Waals surface area contributed by atoms with Crippen molar-refractivity contribution in [2.75, 3.05) is 7.11 Å². The van der Waals surface area contributed by atoms with Gasteiger partial charge in [-0.05, 0) is 35.4 Å². The fourth-order valence-electron chi connectivity index (χ4n) is 2.63. The second-order valence-electron chi connectivity index (χ2n) is 5.05. The van der Waals surface area contributed by atoms with Gasteiger partial charge in [-0.1, -0.05) is 36.4 Å². The number of hydrogen-bond acceptors (Lipinski definition) is 3. The molecule has 0 saturated heterocycles. The average Bonchev–Trinajstić information content (AvgIpc) is 2.58. The molecule has 1 atom stereocenters. The van der Waals surface area contributed by atoms with E-state index in [1.54, 1.807) is 19.4 Å². The minimum Gasteiger partial charge on any atom is -0.508 e. The van der Waals surface area contributed by atoms with Gasteiger partial charge in [-0.15, -0.1) is 0 Å². The molecule has 1 unspecified atom stereocenters. The topological polar surface area (TPSA) is 42.4 Å². The number of phenolic OH excluding ortho intramolecular Hbond substituents is 1. The van der Waals surface area contributed by atoms with Crippen LogP contribution >= 0.6 is 0 Å². The summed E-state index contributed by atoms with van der Waals surface area (Å²) in [6, 6.07) is 19.2. The van der Waals surface area contributed by atoms with Crippen LogP contribution in [0.15, 0.2) is 73.1 Å². The van der Waals surface area contributed by atoms with Gasteiger partial charge < -0.3 is 9.84 Å². The van der Waals surface area contributed by atoms with Gasteiger partial charge in [0, 0.05) is 23.9 Å². The van der Waals surface area contributed by atoms with Crippen LogP contribution in [0.1, 0.15) is 22.6 Å². The number of methoxy groups -OCH3 is 1. The number of pyridine rings is 1. The van der Waals surface area contributed by atoms with Crippen LogP contribution in [-0.4, -0.2) is 17.2 Å². The molecule has 1 aromatic heterocycles. The second kappa shape index (κ2) is 6.31. The van der Waals surface area contributed by atoms with E-state index in [2.05, 4.69) is 4.98 Å². The number of aromatic nitrogens is 1. The van der Waals surface area contributed by atoms with Gasteiger partial charge in [0.05, 0.1) is 7.11 Å². The van der Waals surface area contributed by atoms with Gasteiger partial charge in [-0.2, -0.15) is 0 Å². The van der Waals surface area contributed by atoms with Crippen molar-refractivity contribution in [2.24, 2.45) is 0 Å². The van der Waals surface area contributed by atoms with Crippen molar-refractivity contribution in [1.29, 1.82) is 0 Å². The first-order valence-corrected chi connectivity index (χ1v) is 7.11. The van der Waals surface area contributed by atoms with Crippen LogP contribution < -0.4 is 4.74 Å². The van der Waals surface area contributed by atoms with Crippen LogP contribution in [-0.2, 0) is 0 Å². The number of ether oxygens (including phenoxy) is 1. The van der Waals surface area contributed by atoms with E-state index in [1.807, 2.05) is 60.8 Å². The molecule has 0 radical (unpaired) electrons. The Morgan fingerprint density at radius 1 is 0.909 bits per heavy atom. The summed E-state index contributed by atoms with van der Waals surface area (Å²) >= 11 is 0. The molecule has 0 amide bonds. The number of hydrogen-bond donors (Lipinski definition) is 1. The summed E-state index contributed by atoms with van der Waals surface area (Å²) in [6.07, 6.45) is 3.58. The summed E-state index contributed by atoms with van der Waals surface area (Å²) in [7, 11) is 1.65. The summed E-state index contributed by atoms with van der Waals surface area (Å²) in [5.74, 6) is 1.03. The first-order chi connectivity index (χ1) is 10.8. The largest absolute Gasteiger partial charge is 0.508 e. The Morgan fingerprint density at radius 2 is 1.68 bits per heavy atom. The van der Waals surface area contributed by atoms with Gasteiger partial charge in [0.1, 0.15) is 11.5 Å². The molecule has 0 aliphatic heterocycles. The zero-order valence-electron chi connectivity index (χ0n) is 12.3. The number of phenols is 1. The highest BCUT2D eigenvalue weighted by Gasteiger charge is 2.19. The van der Waals surface area contributed by atoms with E-state index in [0.29, 0.717) is 0 Å². The Morgan fingerprint density at radius 3 is 2.32 bits per heavy atom. The number of rotatable bonds is 4. The second-order valence-corrected chi connectivity index (χ2v) is 5.05. The van der Waals surface area contributed by atoms with Crippen LogP contribution in [0, 0.1) is 0 Å². The van der Waals surface area contributed by atoms with Crippen LogP contribution in [0.3, 0.4) is 0 Å². The molecule has 3 nitrogen and oxygen atoms in total. The fraction of sp³-hybridized carbons (Fsp3) is 0.105. The molecule has 1 heterocycles. The molecule has 110 valence electrons. The zero-order valence-corrected chi connectivity index (χ0v) is 12.3. The molecular formula is C19H17NO2. The lowest BCUT2D eigenvalue weighted by Gasteiger charge is -2.19. The van der Waals surface area contributed by atoms with Gasteiger partial charge in [0.25, 0.3) is 0 Å². The SMILES string of the molecule is COc1ccc(C(c2cccnc2)c2ccccc2O)cc1. The number of benzene rings is 2. The molecule has 2 aromatic carbocycles. The smallest absolute Gasteiger partial charge is 0.119 e. The lowest BCUT2D eigenvalue weighted by atomic mass is 9.85. The van der Waals surface area contributed by atoms with E-state index in [1.165, 1.54) is 0 Å². The van der Waals surface area contributed by atoms with E-state index in [9.17, 15) is 5.11 Å². The van der Waals surface area contributed by atoms with Crippen molar-refractivity contribution in [3.05, 3.63) is 89.7 Å². The normalized spacial score (nSPS) is 11.9. The van der Waals surface area contributed by atoms with Crippen molar-refractivity contribution in [3.8, 4) is 11.5 Å². The maximum absolute atomic E-state index is 10.3. The summed E-state index contributed by atoms with van der Waals surface area (Å²) in [5, 5.41) is 10.3. The highest BCUT2D eigenvalue weighted by atomic mass is 16.5. The Bertz CT molecular complexity index is 739. The highest BCUT2D eigenvalue weighted by Crippen LogP contribution is 2.36. The molecule has 3 heteroatoms. The molecule has 3 rings (SSSR count). The van der Waals surface area contributed by atoms with E-state index in [-0.39, 0.29) is 11.7 Å². The van der Waals surface area contributed by atoms with Crippen LogP contribution in [0.5, 0.6) is 11.5 Å². The molecule has 0 bridgehead atoms. The first-order valence-electron chi connectivity index (χ1n) is 7.11. The molecule has 0 saturated carbocycles. The minimum absolute atomic E-state index is 0.0687. The Labute approximate surface area is 129 Å². The molecular weight excluding hydrogens is 274 g/mol. The first kappa shape index (κ1) is 14.1. The van der Waals surface area contributed by atoms with Gasteiger partial charge in [0.15, 0.2) is 0 Å². The molecule has 0 fully saturated rings. The molecule has 0 spiro atoms. The fourth-order valence-corrected chi connectivity index (χ4v) is 2.63. The van der Waals surface area contributed by atoms with E-state index in [0.717, 1.165) is 22.4 Å². The molecule has 0 aliphatic carbocycles. The van der Waals surface area contributed by atoms with E-state index in [4.69, 9.17) is 4.74 Å². The predicted molar refractivity (Wildman–Crippen MR) is 86.3 cm³/mol. The lowest BCUT2D eigenvalue weighted by molar-refractivity contribution is 0.414. The zero-order chi connectivity index (χ0) is 15.4. The van der Waals surface area contributed by atoms with Gasteiger partial charge in [-0.25, -0.2) is 0 Å². The monoisotopic (exact) mass is 291 g/mol. The predicted octanol–water partition coefficient (Wildman–Crippen LogP) is 3.98. The van der Waals surface area contributed by atoms with E-state index >= 15 is 0 Å². The van der Waals surface area contributed by atoms with Gasteiger partial charge in [0.2, 0.25) is 0 Å². The summed E-state index contributed by atoms with van der Waals surface area (Å²) in [6.45, 7) is 0. The summed E-state index contributed by atoms with van der Waals surface area (Å²) in [5.41, 5.74) is 2.98. The standard InChI is InChI=1S/C19H17NO2/c1-22-16-10-8-14(9-11-16)19(15-5-4-12-20-13-15)17-6-2-3-7-18(17)21/h2-13,19,21H,1H3. The third-order valence-corrected chi connectivity index (χ3v) is 3.71. The van der Waals surface area contributed by atoms with E-state index < -0.39 is 0 Å². The quantitative estimate of drug-likeness (QED) is 0.790. The van der Waals surface area contributed by atoms with Crippen molar-refractivity contribution in [3.63, 3.8) is 0 Å². The Balaban J connectivity index is 2.12. The Kier molecular flexibility index (Phi) is 4.05. The molecule has 3 aromatic rings. The minimum atomic E-state index is -0.0687. The van der Waals surface area contributed by atoms with Crippen LogP contribution in [0.4, 0.5) is 0 Å². The average molecular weight is 291 g/mol. The van der Waals surface area contributed by atoms with Gasteiger partial charge in [-0.3, -0.25) is 4.98 Å². The Hall–Kier alpha value is -2.81. The molecule has 1 N–H and O–H groups in total. The molecule has 22 heavy (non-hydrogen) atoms. The van der Waals surface area contributed by atoms with Gasteiger partial charge >= 0.3 is 0 Å². The maximum atomic E-state index is 10.3. The number of aromatic hydroxyl groups is 1. The lowest BCUT2D eigenvalue weighted by Crippen LogP contribution is -2.04. The van der Waals surface area contributed by atoms with Crippen LogP contribution in [0.25, 0.3) is 0 Å². The van der Waals surface area contributed by atoms with Crippen molar-refractivity contribution < 1.29 is 9.84 Å². The number of nitrogens with zero attached hydrogens (tertiary/aromatic N) is 1. The maximum Gasteiger partial charge on any atom is 0.119 e.